The second-order valence-corrected chi connectivity index (χ2v) is 5.36. The minimum atomic E-state index is -0.510. The van der Waals surface area contributed by atoms with Gasteiger partial charge < -0.3 is 11.1 Å². The average Bonchev–Trinajstić information content (AvgIpc) is 2.41. The van der Waals surface area contributed by atoms with Gasteiger partial charge in [-0.2, -0.15) is 0 Å². The Morgan fingerprint density at radius 2 is 2.20 bits per heavy atom. The molecule has 1 amide bonds. The first kappa shape index (κ1) is 14.7. The molecule has 1 fully saturated rings. The highest BCUT2D eigenvalue weighted by molar-refractivity contribution is 6.34. The maximum absolute atomic E-state index is 11.1. The molecule has 0 atom stereocenters. The first-order valence-corrected chi connectivity index (χ1v) is 6.99. The van der Waals surface area contributed by atoms with Gasteiger partial charge in [0.15, 0.2) is 0 Å². The number of amides is 1. The van der Waals surface area contributed by atoms with E-state index in [9.17, 15) is 4.79 Å². The van der Waals surface area contributed by atoms with Crippen molar-refractivity contribution in [1.82, 2.24) is 4.90 Å². The fourth-order valence-electron chi connectivity index (χ4n) is 2.40. The van der Waals surface area contributed by atoms with Crippen molar-refractivity contribution in [3.63, 3.8) is 0 Å². The molecule has 0 aromatic heterocycles. The van der Waals surface area contributed by atoms with E-state index in [2.05, 4.69) is 16.1 Å². The molecule has 1 aromatic rings. The number of carbonyl (C=O) groups is 1. The molecule has 5 heteroatoms. The topological polar surface area (TPSA) is 58.4 Å². The third-order valence-corrected chi connectivity index (χ3v) is 3.82. The molecule has 0 aliphatic carbocycles. The number of primary amides is 1. The van der Waals surface area contributed by atoms with E-state index in [4.69, 9.17) is 23.8 Å². The van der Waals surface area contributed by atoms with Crippen LogP contribution in [0.2, 0.25) is 5.02 Å². The number of hydrogen-bond acceptors (Lipinski definition) is 3. The van der Waals surface area contributed by atoms with Crippen LogP contribution in [0.4, 0.5) is 5.69 Å². The summed E-state index contributed by atoms with van der Waals surface area (Å²) in [5, 5.41) is 3.82. The number of hydrogen-bond donors (Lipinski definition) is 2. The Hall–Kier alpha value is -1.70. The number of nitrogens with two attached hydrogens (primary N) is 1. The molecule has 106 valence electrons. The lowest BCUT2D eigenvalue weighted by atomic mass is 10.0. The summed E-state index contributed by atoms with van der Waals surface area (Å²) in [7, 11) is 0. The van der Waals surface area contributed by atoms with Gasteiger partial charge >= 0.3 is 0 Å². The molecule has 1 aliphatic heterocycles. The van der Waals surface area contributed by atoms with Crippen molar-refractivity contribution in [2.75, 3.05) is 25.0 Å². The minimum absolute atomic E-state index is 0.348. The van der Waals surface area contributed by atoms with Crippen molar-refractivity contribution in [3.05, 3.63) is 28.8 Å². The third kappa shape index (κ3) is 3.66. The largest absolute Gasteiger partial charge is 0.382 e. The first-order chi connectivity index (χ1) is 9.60. The smallest absolute Gasteiger partial charge is 0.250 e. The highest BCUT2D eigenvalue weighted by atomic mass is 35.5. The zero-order chi connectivity index (χ0) is 14.5. The van der Waals surface area contributed by atoms with Gasteiger partial charge in [-0.25, -0.2) is 0 Å². The Morgan fingerprint density at radius 1 is 1.50 bits per heavy atom. The fourth-order valence-corrected chi connectivity index (χ4v) is 2.68. The predicted molar refractivity (Wildman–Crippen MR) is 81.9 cm³/mol. The maximum atomic E-state index is 11.1. The summed E-state index contributed by atoms with van der Waals surface area (Å²) in [5.74, 6) is 2.16. The second-order valence-electron chi connectivity index (χ2n) is 4.96. The molecular formula is C15H18ClN3O. The molecular weight excluding hydrogens is 274 g/mol. The summed E-state index contributed by atoms with van der Waals surface area (Å²) < 4.78 is 0. The van der Waals surface area contributed by atoms with Crippen LogP contribution in [0.3, 0.4) is 0 Å². The van der Waals surface area contributed by atoms with E-state index in [-0.39, 0.29) is 0 Å². The molecule has 0 spiro atoms. The molecule has 1 heterocycles. The number of likely N-dealkylation sites (tertiary alicyclic amines) is 1. The summed E-state index contributed by atoms with van der Waals surface area (Å²) in [6.45, 7) is 2.70. The highest BCUT2D eigenvalue weighted by Gasteiger charge is 2.18. The molecule has 0 radical (unpaired) electrons. The van der Waals surface area contributed by atoms with E-state index in [1.54, 1.807) is 12.1 Å². The molecule has 1 aliphatic rings. The molecule has 1 saturated heterocycles. The van der Waals surface area contributed by atoms with Crippen molar-refractivity contribution in [3.8, 4) is 12.3 Å². The third-order valence-electron chi connectivity index (χ3n) is 3.51. The van der Waals surface area contributed by atoms with Gasteiger partial charge in [-0.05, 0) is 31.0 Å². The predicted octanol–water partition coefficient (Wildman–Crippen LogP) is 1.95. The summed E-state index contributed by atoms with van der Waals surface area (Å²) in [5.41, 5.74) is 6.49. The Bertz CT molecular complexity index is 530. The van der Waals surface area contributed by atoms with E-state index >= 15 is 0 Å². The number of piperidine rings is 1. The lowest BCUT2D eigenvalue weighted by Crippen LogP contribution is -2.39. The average molecular weight is 292 g/mol. The number of benzene rings is 1. The van der Waals surface area contributed by atoms with Crippen molar-refractivity contribution in [2.45, 2.75) is 18.9 Å². The standard InChI is InChI=1S/C15H18ClN3O/c1-2-7-19-8-5-11(6-9-19)18-12-3-4-13(15(17)20)14(16)10-12/h1,3-4,10-11,18H,5-9H2,(H2,17,20). The van der Waals surface area contributed by atoms with E-state index in [0.717, 1.165) is 31.6 Å². The number of terminal acetylenes is 1. The Kier molecular flexibility index (Phi) is 4.89. The van der Waals surface area contributed by atoms with Crippen LogP contribution in [-0.4, -0.2) is 36.5 Å². The van der Waals surface area contributed by atoms with Gasteiger partial charge in [-0.15, -0.1) is 6.42 Å². The number of nitrogens with zero attached hydrogens (tertiary/aromatic N) is 1. The van der Waals surface area contributed by atoms with E-state index in [1.807, 2.05) is 6.07 Å². The van der Waals surface area contributed by atoms with Crippen molar-refractivity contribution in [1.29, 1.82) is 0 Å². The second kappa shape index (κ2) is 6.65. The molecule has 0 saturated carbocycles. The minimum Gasteiger partial charge on any atom is -0.382 e. The molecule has 4 nitrogen and oxygen atoms in total. The summed E-state index contributed by atoms with van der Waals surface area (Å²) in [6, 6.07) is 5.63. The number of carbonyl (C=O) groups excluding carboxylic acids is 1. The Labute approximate surface area is 124 Å². The van der Waals surface area contributed by atoms with Crippen LogP contribution in [-0.2, 0) is 0 Å². The molecule has 0 unspecified atom stereocenters. The van der Waals surface area contributed by atoms with Crippen LogP contribution in [0.15, 0.2) is 18.2 Å². The van der Waals surface area contributed by atoms with Crippen LogP contribution < -0.4 is 11.1 Å². The van der Waals surface area contributed by atoms with Crippen molar-refractivity contribution in [2.24, 2.45) is 5.73 Å². The van der Waals surface area contributed by atoms with Gasteiger partial charge in [0.25, 0.3) is 0 Å². The van der Waals surface area contributed by atoms with Crippen molar-refractivity contribution >= 4 is 23.2 Å². The molecule has 1 aromatic carbocycles. The lowest BCUT2D eigenvalue weighted by molar-refractivity contribution is 0.100. The number of nitrogens with one attached hydrogen (secondary N) is 1. The Morgan fingerprint density at radius 3 is 2.75 bits per heavy atom. The number of rotatable bonds is 4. The van der Waals surface area contributed by atoms with Gasteiger partial charge in [0.2, 0.25) is 5.91 Å². The normalized spacial score (nSPS) is 16.6. The van der Waals surface area contributed by atoms with E-state index in [0.29, 0.717) is 23.2 Å². The number of anilines is 1. The van der Waals surface area contributed by atoms with Crippen LogP contribution in [0, 0.1) is 12.3 Å². The SMILES string of the molecule is C#CCN1CCC(Nc2ccc(C(N)=O)c(Cl)c2)CC1. The quantitative estimate of drug-likeness (QED) is 0.834. The van der Waals surface area contributed by atoms with Gasteiger partial charge in [0, 0.05) is 24.8 Å². The monoisotopic (exact) mass is 291 g/mol. The Balaban J connectivity index is 1.93. The summed E-state index contributed by atoms with van der Waals surface area (Å²) >= 11 is 6.04. The van der Waals surface area contributed by atoms with Gasteiger partial charge in [-0.1, -0.05) is 17.5 Å². The number of halogens is 1. The molecule has 20 heavy (non-hydrogen) atoms. The van der Waals surface area contributed by atoms with E-state index in [1.165, 1.54) is 0 Å². The van der Waals surface area contributed by atoms with Crippen molar-refractivity contribution < 1.29 is 4.79 Å². The van der Waals surface area contributed by atoms with Crippen LogP contribution >= 0.6 is 11.6 Å². The summed E-state index contributed by atoms with van der Waals surface area (Å²) in [6.07, 6.45) is 7.39. The van der Waals surface area contributed by atoms with Crippen LogP contribution in [0.5, 0.6) is 0 Å². The zero-order valence-corrected chi connectivity index (χ0v) is 12.0. The summed E-state index contributed by atoms with van der Waals surface area (Å²) in [4.78, 5) is 13.4. The molecule has 2 rings (SSSR count). The van der Waals surface area contributed by atoms with Gasteiger partial charge in [0.1, 0.15) is 0 Å². The fraction of sp³-hybridized carbons (Fsp3) is 0.400. The zero-order valence-electron chi connectivity index (χ0n) is 11.2. The van der Waals surface area contributed by atoms with Gasteiger partial charge in [0.05, 0.1) is 17.1 Å². The van der Waals surface area contributed by atoms with Gasteiger partial charge in [-0.3, -0.25) is 9.69 Å². The highest BCUT2D eigenvalue weighted by Crippen LogP contribution is 2.23. The van der Waals surface area contributed by atoms with E-state index < -0.39 is 5.91 Å². The first-order valence-electron chi connectivity index (χ1n) is 6.62. The van der Waals surface area contributed by atoms with Crippen LogP contribution in [0.25, 0.3) is 0 Å². The molecule has 3 N–H and O–H groups in total. The lowest BCUT2D eigenvalue weighted by Gasteiger charge is -2.31. The molecule has 0 bridgehead atoms. The maximum Gasteiger partial charge on any atom is 0.250 e. The van der Waals surface area contributed by atoms with Crippen LogP contribution in [0.1, 0.15) is 23.2 Å².